The van der Waals surface area contributed by atoms with Gasteiger partial charge < -0.3 is 16.0 Å². The molecular weight excluding hydrogens is 226 g/mol. The molecular formula is C14H27N3O. The number of hydrogen-bond acceptors (Lipinski definition) is 3. The second-order valence-corrected chi connectivity index (χ2v) is 6.31. The third-order valence-corrected chi connectivity index (χ3v) is 4.28. The summed E-state index contributed by atoms with van der Waals surface area (Å²) in [7, 11) is 0. The van der Waals surface area contributed by atoms with Crippen LogP contribution in [0.1, 0.15) is 45.4 Å². The van der Waals surface area contributed by atoms with Crippen molar-refractivity contribution in [3.8, 4) is 0 Å². The first kappa shape index (κ1) is 13.8. The van der Waals surface area contributed by atoms with Gasteiger partial charge in [-0.1, -0.05) is 6.92 Å². The minimum atomic E-state index is -0.192. The zero-order chi connectivity index (χ0) is 13.0. The van der Waals surface area contributed by atoms with Crippen LogP contribution in [0.3, 0.4) is 0 Å². The molecule has 4 nitrogen and oxygen atoms in total. The van der Waals surface area contributed by atoms with Crippen LogP contribution in [0.4, 0.5) is 0 Å². The van der Waals surface area contributed by atoms with Crippen molar-refractivity contribution >= 4 is 5.91 Å². The molecule has 104 valence electrons. The SMILES string of the molecule is CC(CNC(=O)CC1(N)CCC1)CN1CCCC1. The minimum absolute atomic E-state index is 0.130. The topological polar surface area (TPSA) is 58.4 Å². The number of carbonyl (C=O) groups is 1. The van der Waals surface area contributed by atoms with Gasteiger partial charge in [0.1, 0.15) is 0 Å². The van der Waals surface area contributed by atoms with Crippen molar-refractivity contribution in [3.63, 3.8) is 0 Å². The first-order valence-electron chi connectivity index (χ1n) is 7.35. The predicted octanol–water partition coefficient (Wildman–Crippen LogP) is 1.11. The monoisotopic (exact) mass is 253 g/mol. The Hall–Kier alpha value is -0.610. The molecule has 0 radical (unpaired) electrons. The van der Waals surface area contributed by atoms with Crippen LogP contribution in [0.25, 0.3) is 0 Å². The summed E-state index contributed by atoms with van der Waals surface area (Å²) in [6.07, 6.45) is 6.34. The minimum Gasteiger partial charge on any atom is -0.356 e. The molecule has 2 fully saturated rings. The van der Waals surface area contributed by atoms with Crippen LogP contribution in [0.2, 0.25) is 0 Å². The number of likely N-dealkylation sites (tertiary alicyclic amines) is 1. The van der Waals surface area contributed by atoms with Crippen LogP contribution in [0.5, 0.6) is 0 Å². The van der Waals surface area contributed by atoms with Gasteiger partial charge in [-0.2, -0.15) is 0 Å². The Kier molecular flexibility index (Phi) is 4.62. The summed E-state index contributed by atoms with van der Waals surface area (Å²) >= 11 is 0. The molecule has 3 N–H and O–H groups in total. The Morgan fingerprint density at radius 3 is 2.56 bits per heavy atom. The van der Waals surface area contributed by atoms with E-state index >= 15 is 0 Å². The van der Waals surface area contributed by atoms with Gasteiger partial charge in [-0.05, 0) is 51.1 Å². The van der Waals surface area contributed by atoms with Crippen LogP contribution < -0.4 is 11.1 Å². The van der Waals surface area contributed by atoms with Crippen molar-refractivity contribution in [1.82, 2.24) is 10.2 Å². The van der Waals surface area contributed by atoms with Crippen LogP contribution in [-0.4, -0.2) is 42.5 Å². The van der Waals surface area contributed by atoms with Gasteiger partial charge in [0.2, 0.25) is 5.91 Å². The molecule has 1 aliphatic carbocycles. The van der Waals surface area contributed by atoms with Crippen LogP contribution in [0.15, 0.2) is 0 Å². The van der Waals surface area contributed by atoms with Gasteiger partial charge >= 0.3 is 0 Å². The number of carbonyl (C=O) groups excluding carboxylic acids is 1. The molecule has 1 unspecified atom stereocenters. The molecule has 0 aromatic carbocycles. The van der Waals surface area contributed by atoms with Crippen LogP contribution in [0, 0.1) is 5.92 Å². The Balaban J connectivity index is 1.59. The van der Waals surface area contributed by atoms with Gasteiger partial charge in [-0.25, -0.2) is 0 Å². The molecule has 1 saturated carbocycles. The van der Waals surface area contributed by atoms with E-state index in [1.165, 1.54) is 32.4 Å². The quantitative estimate of drug-likeness (QED) is 0.745. The summed E-state index contributed by atoms with van der Waals surface area (Å²) in [5, 5.41) is 3.04. The van der Waals surface area contributed by atoms with Gasteiger partial charge in [-0.15, -0.1) is 0 Å². The fraction of sp³-hybridized carbons (Fsp3) is 0.929. The highest BCUT2D eigenvalue weighted by Crippen LogP contribution is 2.31. The lowest BCUT2D eigenvalue weighted by atomic mass is 9.75. The Morgan fingerprint density at radius 1 is 1.33 bits per heavy atom. The van der Waals surface area contributed by atoms with Crippen molar-refractivity contribution in [2.24, 2.45) is 11.7 Å². The van der Waals surface area contributed by atoms with Crippen molar-refractivity contribution < 1.29 is 4.79 Å². The fourth-order valence-corrected chi connectivity index (χ4v) is 2.95. The van der Waals surface area contributed by atoms with E-state index in [2.05, 4.69) is 17.1 Å². The molecule has 0 aromatic rings. The highest BCUT2D eigenvalue weighted by atomic mass is 16.1. The summed E-state index contributed by atoms with van der Waals surface area (Å²) in [6.45, 7) is 6.55. The summed E-state index contributed by atoms with van der Waals surface area (Å²) < 4.78 is 0. The van der Waals surface area contributed by atoms with E-state index in [0.717, 1.165) is 25.9 Å². The molecule has 2 aliphatic rings. The third-order valence-electron chi connectivity index (χ3n) is 4.28. The average molecular weight is 253 g/mol. The fourth-order valence-electron chi connectivity index (χ4n) is 2.95. The highest BCUT2D eigenvalue weighted by molar-refractivity contribution is 5.77. The Bertz CT molecular complexity index is 283. The molecule has 0 bridgehead atoms. The first-order valence-corrected chi connectivity index (χ1v) is 7.35. The van der Waals surface area contributed by atoms with Crippen molar-refractivity contribution in [1.29, 1.82) is 0 Å². The Labute approximate surface area is 110 Å². The van der Waals surface area contributed by atoms with E-state index in [1.807, 2.05) is 0 Å². The van der Waals surface area contributed by atoms with Crippen LogP contribution in [-0.2, 0) is 4.79 Å². The standard InChI is InChI=1S/C14H27N3O/c1-12(11-17-7-2-3-8-17)10-16-13(18)9-14(15)5-4-6-14/h12H,2-11,15H2,1H3,(H,16,18). The molecule has 1 saturated heterocycles. The first-order chi connectivity index (χ1) is 8.57. The number of amides is 1. The maximum absolute atomic E-state index is 11.8. The van der Waals surface area contributed by atoms with E-state index in [1.54, 1.807) is 0 Å². The lowest BCUT2D eigenvalue weighted by Crippen LogP contribution is -2.50. The summed E-state index contributed by atoms with van der Waals surface area (Å²) in [5.74, 6) is 0.660. The van der Waals surface area contributed by atoms with E-state index in [9.17, 15) is 4.79 Å². The largest absolute Gasteiger partial charge is 0.356 e. The number of nitrogens with two attached hydrogens (primary N) is 1. The number of hydrogen-bond donors (Lipinski definition) is 2. The van der Waals surface area contributed by atoms with Crippen molar-refractivity contribution in [2.75, 3.05) is 26.2 Å². The molecule has 4 heteroatoms. The van der Waals surface area contributed by atoms with Gasteiger partial charge in [0, 0.05) is 25.0 Å². The molecule has 18 heavy (non-hydrogen) atoms. The lowest BCUT2D eigenvalue weighted by molar-refractivity contribution is -0.123. The second kappa shape index (κ2) is 6.02. The smallest absolute Gasteiger partial charge is 0.221 e. The highest BCUT2D eigenvalue weighted by Gasteiger charge is 2.34. The zero-order valence-electron chi connectivity index (χ0n) is 11.6. The summed E-state index contributed by atoms with van der Waals surface area (Å²) in [4.78, 5) is 14.3. The van der Waals surface area contributed by atoms with E-state index in [4.69, 9.17) is 5.73 Å². The molecule has 1 heterocycles. The maximum atomic E-state index is 11.8. The predicted molar refractivity (Wildman–Crippen MR) is 73.2 cm³/mol. The number of nitrogens with one attached hydrogen (secondary N) is 1. The zero-order valence-corrected chi connectivity index (χ0v) is 11.6. The van der Waals surface area contributed by atoms with Gasteiger partial charge in [-0.3, -0.25) is 4.79 Å². The second-order valence-electron chi connectivity index (χ2n) is 6.31. The van der Waals surface area contributed by atoms with Crippen molar-refractivity contribution in [2.45, 2.75) is 51.0 Å². The van der Waals surface area contributed by atoms with Crippen LogP contribution >= 0.6 is 0 Å². The molecule has 0 aromatic heterocycles. The van der Waals surface area contributed by atoms with Gasteiger partial charge in [0.05, 0.1) is 0 Å². The molecule has 1 aliphatic heterocycles. The molecule has 0 spiro atoms. The average Bonchev–Trinajstić information content (AvgIpc) is 2.77. The Morgan fingerprint density at radius 2 is 2.00 bits per heavy atom. The summed E-state index contributed by atoms with van der Waals surface area (Å²) in [5.41, 5.74) is 5.88. The van der Waals surface area contributed by atoms with E-state index in [-0.39, 0.29) is 11.4 Å². The van der Waals surface area contributed by atoms with Gasteiger partial charge in [0.25, 0.3) is 0 Å². The summed E-state index contributed by atoms with van der Waals surface area (Å²) in [6, 6.07) is 0. The van der Waals surface area contributed by atoms with Crippen molar-refractivity contribution in [3.05, 3.63) is 0 Å². The molecule has 1 amide bonds. The number of rotatable bonds is 6. The van der Waals surface area contributed by atoms with Gasteiger partial charge in [0.15, 0.2) is 0 Å². The maximum Gasteiger partial charge on any atom is 0.221 e. The number of nitrogens with zero attached hydrogens (tertiary/aromatic N) is 1. The molecule has 1 atom stereocenters. The van der Waals surface area contributed by atoms with E-state index < -0.39 is 0 Å². The molecule has 2 rings (SSSR count). The lowest BCUT2D eigenvalue weighted by Gasteiger charge is -2.37. The van der Waals surface area contributed by atoms with E-state index in [0.29, 0.717) is 12.3 Å². The third kappa shape index (κ3) is 3.95. The normalized spacial score (nSPS) is 24.6.